The van der Waals surface area contributed by atoms with Crippen LogP contribution in [-0.2, 0) is 4.74 Å². The summed E-state index contributed by atoms with van der Waals surface area (Å²) < 4.78 is 44.0. The zero-order valence-corrected chi connectivity index (χ0v) is 7.81. The van der Waals surface area contributed by atoms with Gasteiger partial charge in [-0.1, -0.05) is 0 Å². The molecule has 0 saturated heterocycles. The van der Waals surface area contributed by atoms with Gasteiger partial charge in [0, 0.05) is 0 Å². The molecule has 1 heterocycles. The molecule has 8 heteroatoms. The number of hydrogen-bond donors (Lipinski definition) is 1. The second-order valence-corrected chi connectivity index (χ2v) is 2.43. The van der Waals surface area contributed by atoms with E-state index in [1.165, 1.54) is 0 Å². The molecule has 1 aliphatic heterocycles. The normalized spacial score (nSPS) is 15.6. The second kappa shape index (κ2) is 5.51. The molecule has 3 nitrogen and oxygen atoms in total. The van der Waals surface area contributed by atoms with E-state index >= 15 is 0 Å². The molecule has 14 heavy (non-hydrogen) atoms. The molecule has 0 spiro atoms. The Morgan fingerprint density at radius 1 is 1.43 bits per heavy atom. The highest BCUT2D eigenvalue weighted by atomic mass is 19.5. The van der Waals surface area contributed by atoms with E-state index in [1.807, 2.05) is 24.2 Å². The molecule has 1 rings (SSSR count). The summed E-state index contributed by atoms with van der Waals surface area (Å²) in [6, 6.07) is 0.803. The second-order valence-electron chi connectivity index (χ2n) is 2.43. The highest BCUT2D eigenvalue weighted by Crippen LogP contribution is 2.06. The average molecular weight is 214 g/mol. The van der Waals surface area contributed by atoms with Crippen LogP contribution in [0.15, 0.2) is 12.3 Å². The van der Waals surface area contributed by atoms with Gasteiger partial charge in [-0.2, -0.15) is 0 Å². The Morgan fingerprint density at radius 3 is 2.21 bits per heavy atom. The maximum atomic E-state index is 9.75. The fourth-order valence-corrected chi connectivity index (χ4v) is 0.749. The summed E-state index contributed by atoms with van der Waals surface area (Å²) in [5.41, 5.74) is 0. The molecule has 0 amide bonds. The van der Waals surface area contributed by atoms with Gasteiger partial charge >= 0.3 is 13.3 Å². The number of nitrogens with one attached hydrogen (secondary N) is 1. The number of ether oxygens (including phenoxy) is 1. The average Bonchev–Trinajstić information content (AvgIpc) is 2.02. The quantitative estimate of drug-likeness (QED) is 0.447. The Kier molecular flexibility index (Phi) is 5.04. The van der Waals surface area contributed by atoms with E-state index in [9.17, 15) is 17.3 Å². The standard InChI is InChI=1S/C6H10N2O.BF4/c1-8-5-3-4-7-6(8)9-2;2-1(3,4)5/h3-4H,5H2,1-2H3;/q;-1/p+1. The van der Waals surface area contributed by atoms with Crippen LogP contribution in [0, 0.1) is 0 Å². The van der Waals surface area contributed by atoms with Crippen molar-refractivity contribution in [2.24, 2.45) is 0 Å². The third-order valence-corrected chi connectivity index (χ3v) is 1.24. The molecule has 0 aliphatic carbocycles. The van der Waals surface area contributed by atoms with E-state index in [0.717, 1.165) is 12.6 Å². The Hall–Kier alpha value is -1.21. The van der Waals surface area contributed by atoms with Gasteiger partial charge in [-0.15, -0.1) is 0 Å². The maximum absolute atomic E-state index is 9.75. The molecule has 0 aromatic carbocycles. The van der Waals surface area contributed by atoms with Crippen LogP contribution in [0.5, 0.6) is 0 Å². The molecular formula is C6H11BF4N2O. The topological polar surface area (TPSA) is 26.4 Å². The summed E-state index contributed by atoms with van der Waals surface area (Å²) >= 11 is 0. The van der Waals surface area contributed by atoms with Gasteiger partial charge in [0.2, 0.25) is 0 Å². The zero-order valence-electron chi connectivity index (χ0n) is 7.81. The fraction of sp³-hybridized carbons (Fsp3) is 0.500. The summed E-state index contributed by atoms with van der Waals surface area (Å²) in [4.78, 5) is 4.94. The predicted molar refractivity (Wildman–Crippen MR) is 44.9 cm³/mol. The van der Waals surface area contributed by atoms with Gasteiger partial charge in [0.05, 0.1) is 20.4 Å². The van der Waals surface area contributed by atoms with Crippen molar-refractivity contribution in [1.29, 1.82) is 0 Å². The Labute approximate surface area is 79.2 Å². The molecule has 1 aliphatic rings. The van der Waals surface area contributed by atoms with Crippen molar-refractivity contribution in [3.8, 4) is 0 Å². The third kappa shape index (κ3) is 7.44. The molecule has 0 saturated carbocycles. The summed E-state index contributed by atoms with van der Waals surface area (Å²) in [5.74, 6) is 0. The molecule has 0 radical (unpaired) electrons. The van der Waals surface area contributed by atoms with Crippen LogP contribution in [-0.4, -0.2) is 38.9 Å². The molecule has 0 aromatic heterocycles. The smallest absolute Gasteiger partial charge is 0.435 e. The molecule has 0 unspecified atom stereocenters. The van der Waals surface area contributed by atoms with Crippen LogP contribution in [0.25, 0.3) is 0 Å². The molecule has 0 fully saturated rings. The first-order valence-electron chi connectivity index (χ1n) is 3.75. The molecule has 1 N–H and O–H groups in total. The van der Waals surface area contributed by atoms with Gasteiger partial charge in [0.1, 0.15) is 6.54 Å². The third-order valence-electron chi connectivity index (χ3n) is 1.24. The van der Waals surface area contributed by atoms with Crippen LogP contribution in [0.2, 0.25) is 0 Å². The van der Waals surface area contributed by atoms with Gasteiger partial charge in [0.25, 0.3) is 0 Å². The Bertz CT molecular complexity index is 222. The monoisotopic (exact) mass is 214 g/mol. The number of amidine groups is 1. The number of likely N-dealkylation sites (N-methyl/N-ethyl adjacent to an activating group) is 1. The van der Waals surface area contributed by atoms with Gasteiger partial charge < -0.3 is 22.0 Å². The van der Waals surface area contributed by atoms with Crippen molar-refractivity contribution in [3.05, 3.63) is 12.3 Å². The van der Waals surface area contributed by atoms with Crippen molar-refractivity contribution >= 4 is 13.3 Å². The lowest BCUT2D eigenvalue weighted by atomic mass is 10.3. The minimum Gasteiger partial charge on any atom is -0.435 e. The fourth-order valence-electron chi connectivity index (χ4n) is 0.749. The van der Waals surface area contributed by atoms with Gasteiger partial charge in [-0.3, -0.25) is 0 Å². The highest BCUT2D eigenvalue weighted by molar-refractivity contribution is 6.50. The van der Waals surface area contributed by atoms with Crippen molar-refractivity contribution in [2.45, 2.75) is 0 Å². The maximum Gasteiger partial charge on any atom is 0.673 e. The number of rotatable bonds is 0. The molecular weight excluding hydrogens is 203 g/mol. The summed E-state index contributed by atoms with van der Waals surface area (Å²) in [5, 5.41) is 0. The number of methoxy groups -OCH3 is 1. The van der Waals surface area contributed by atoms with Crippen molar-refractivity contribution in [1.82, 2.24) is 4.90 Å². The minimum atomic E-state index is -6.00. The first-order valence-corrected chi connectivity index (χ1v) is 3.75. The highest BCUT2D eigenvalue weighted by Gasteiger charge is 2.20. The summed E-state index contributed by atoms with van der Waals surface area (Å²) in [6.45, 7) is 0.913. The minimum absolute atomic E-state index is 0.803. The largest absolute Gasteiger partial charge is 0.673 e. The van der Waals surface area contributed by atoms with Gasteiger partial charge in [-0.05, 0) is 6.08 Å². The lowest BCUT2D eigenvalue weighted by Crippen LogP contribution is -2.72. The molecule has 0 aromatic rings. The van der Waals surface area contributed by atoms with Crippen LogP contribution in [0.4, 0.5) is 17.3 Å². The molecule has 82 valence electrons. The van der Waals surface area contributed by atoms with Gasteiger partial charge in [0.15, 0.2) is 0 Å². The van der Waals surface area contributed by atoms with E-state index in [0.29, 0.717) is 0 Å². The predicted octanol–water partition coefficient (Wildman–Crippen LogP) is -0.172. The van der Waals surface area contributed by atoms with Crippen molar-refractivity contribution in [3.63, 3.8) is 0 Å². The first kappa shape index (κ1) is 12.8. The van der Waals surface area contributed by atoms with Crippen LogP contribution in [0.1, 0.15) is 0 Å². The lowest BCUT2D eigenvalue weighted by Gasteiger charge is -2.10. The zero-order chi connectivity index (χ0) is 11.2. The van der Waals surface area contributed by atoms with Crippen molar-refractivity contribution < 1.29 is 27.0 Å². The first-order chi connectivity index (χ1) is 6.34. The summed E-state index contributed by atoms with van der Waals surface area (Å²) in [7, 11) is -2.38. The van der Waals surface area contributed by atoms with E-state index in [4.69, 9.17) is 4.74 Å². The van der Waals surface area contributed by atoms with Crippen LogP contribution < -0.4 is 4.99 Å². The summed E-state index contributed by atoms with van der Waals surface area (Å²) in [6.07, 6.45) is 3.90. The lowest BCUT2D eigenvalue weighted by molar-refractivity contribution is -0.397. The van der Waals surface area contributed by atoms with Crippen LogP contribution in [0.3, 0.4) is 0 Å². The van der Waals surface area contributed by atoms with E-state index in [2.05, 4.69) is 4.99 Å². The Morgan fingerprint density at radius 2 is 1.93 bits per heavy atom. The SMILES string of the molecule is COC1=[NH+]C=CCN1C.F[B-](F)(F)F. The number of hydrogen-bond acceptors (Lipinski definition) is 2. The van der Waals surface area contributed by atoms with Crippen LogP contribution >= 0.6 is 0 Å². The Balaban J connectivity index is 0.000000292. The number of nitrogens with zero attached hydrogens (tertiary/aromatic N) is 1. The molecule has 0 bridgehead atoms. The van der Waals surface area contributed by atoms with E-state index in [-0.39, 0.29) is 0 Å². The molecule has 0 atom stereocenters. The van der Waals surface area contributed by atoms with Crippen molar-refractivity contribution in [2.75, 3.05) is 20.7 Å². The number of halogens is 4. The van der Waals surface area contributed by atoms with E-state index < -0.39 is 7.25 Å². The van der Waals surface area contributed by atoms with E-state index in [1.54, 1.807) is 7.11 Å². The van der Waals surface area contributed by atoms with Gasteiger partial charge in [-0.25, -0.2) is 9.89 Å².